The zero-order chi connectivity index (χ0) is 38.7. The maximum Gasteiger partial charge on any atom is 0.472 e. The van der Waals surface area contributed by atoms with Gasteiger partial charge in [-0.3, -0.25) is 0 Å². The van der Waals surface area contributed by atoms with Gasteiger partial charge in [0.15, 0.2) is 11.9 Å². The lowest BCUT2D eigenvalue weighted by Crippen LogP contribution is -2.46. The summed E-state index contributed by atoms with van der Waals surface area (Å²) in [5.74, 6) is 0.669. The molecule has 0 saturated carbocycles. The number of hydrogen-bond acceptors (Lipinski definition) is 9. The van der Waals surface area contributed by atoms with E-state index in [1.807, 2.05) is 50.2 Å². The Morgan fingerprint density at radius 1 is 1.00 bits per heavy atom. The van der Waals surface area contributed by atoms with Crippen LogP contribution in [0.5, 0.6) is 5.75 Å². The quantitative estimate of drug-likeness (QED) is 0.113. The van der Waals surface area contributed by atoms with Gasteiger partial charge in [-0.05, 0) is 74.0 Å². The monoisotopic (exact) mass is 814 g/mol. The molecule has 18 heteroatoms. The van der Waals surface area contributed by atoms with E-state index in [1.54, 1.807) is 52.4 Å². The minimum absolute atomic E-state index is 0.0470. The molecule has 0 amide bonds. The van der Waals surface area contributed by atoms with Gasteiger partial charge in [0, 0.05) is 53.2 Å². The number of phosphoric ester groups is 1. The van der Waals surface area contributed by atoms with E-state index in [0.717, 1.165) is 49.7 Å². The first-order valence-corrected chi connectivity index (χ1v) is 20.2. The second-order valence-electron chi connectivity index (χ2n) is 13.6. The zero-order valence-electron chi connectivity index (χ0n) is 30.4. The first-order chi connectivity index (χ1) is 26.4. The number of benzene rings is 3. The summed E-state index contributed by atoms with van der Waals surface area (Å²) in [7, 11) is -4.63. The highest BCUT2D eigenvalue weighted by atomic mass is 35.5. The van der Waals surface area contributed by atoms with Crippen LogP contribution in [-0.4, -0.2) is 74.4 Å². The Bertz CT molecular complexity index is 2180. The Labute approximate surface area is 328 Å². The smallest absolute Gasteiger partial charge is 0.472 e. The molecule has 2 saturated heterocycles. The van der Waals surface area contributed by atoms with Crippen LogP contribution in [0.3, 0.4) is 0 Å². The summed E-state index contributed by atoms with van der Waals surface area (Å²) in [6.45, 7) is 7.65. The van der Waals surface area contributed by atoms with Crippen LogP contribution in [0.1, 0.15) is 31.9 Å². The van der Waals surface area contributed by atoms with Crippen molar-refractivity contribution in [1.29, 1.82) is 0 Å². The third-order valence-corrected chi connectivity index (χ3v) is 10.9. The zero-order valence-corrected chi connectivity index (χ0v) is 32.8. The van der Waals surface area contributed by atoms with Crippen LogP contribution < -0.4 is 24.8 Å². The predicted octanol–water partition coefficient (Wildman–Crippen LogP) is 5.14. The number of hydrogen-bond donors (Lipinski definition) is 2. The Hall–Kier alpha value is -4.18. The first-order valence-electron chi connectivity index (χ1n) is 17.9. The number of imidazole rings is 1. The van der Waals surface area contributed by atoms with Gasteiger partial charge in [0.1, 0.15) is 37.6 Å². The van der Waals surface area contributed by atoms with Gasteiger partial charge >= 0.3 is 13.5 Å². The molecule has 2 N–H and O–H groups in total. The van der Waals surface area contributed by atoms with E-state index in [0.29, 0.717) is 21.4 Å². The molecule has 2 fully saturated rings. The van der Waals surface area contributed by atoms with Gasteiger partial charge in [0.2, 0.25) is 13.1 Å². The van der Waals surface area contributed by atoms with Crippen molar-refractivity contribution in [3.05, 3.63) is 118 Å². The van der Waals surface area contributed by atoms with Crippen LogP contribution in [0.15, 0.2) is 96.6 Å². The lowest BCUT2D eigenvalue weighted by Gasteiger charge is -2.37. The molecule has 5 aromatic rings. The maximum atomic E-state index is 12.8. The molecule has 4 heterocycles. The van der Waals surface area contributed by atoms with Crippen LogP contribution in [0, 0.1) is 0 Å². The van der Waals surface area contributed by atoms with Crippen LogP contribution in [0.2, 0.25) is 10.0 Å². The Kier molecular flexibility index (Phi) is 11.7. The van der Waals surface area contributed by atoms with Crippen molar-refractivity contribution in [2.75, 3.05) is 49.2 Å². The molecule has 0 spiro atoms. The van der Waals surface area contributed by atoms with E-state index < -0.39 is 19.7 Å². The second kappa shape index (κ2) is 16.5. The van der Waals surface area contributed by atoms with Gasteiger partial charge in [-0.2, -0.15) is 5.10 Å². The average molecular weight is 816 g/mol. The average Bonchev–Trinajstić information content (AvgIpc) is 3.92. The van der Waals surface area contributed by atoms with E-state index >= 15 is 0 Å². The SMILES string of the molecule is CC[C@@H](C)n1ncn(-c2ccc(N3CCN(c4ccc(OC[C@@H]5OC[C@@](Cn6cc[n+](COP(=O)(O)O)c6)(c6ccc(Cl)cc6Cl)O5)cc4)CC3)cc2)c1=O. The maximum absolute atomic E-state index is 12.8. The fourth-order valence-corrected chi connectivity index (χ4v) is 7.64. The van der Waals surface area contributed by atoms with Crippen molar-refractivity contribution in [3.8, 4) is 11.4 Å². The van der Waals surface area contributed by atoms with Crippen molar-refractivity contribution in [1.82, 2.24) is 18.9 Å². The summed E-state index contributed by atoms with van der Waals surface area (Å²) in [4.78, 5) is 35.7. The number of ether oxygens (including phenoxy) is 3. The molecule has 2 aliphatic heterocycles. The van der Waals surface area contributed by atoms with E-state index in [9.17, 15) is 9.36 Å². The summed E-state index contributed by atoms with van der Waals surface area (Å²) in [5.41, 5.74) is 2.53. The molecule has 292 valence electrons. The summed E-state index contributed by atoms with van der Waals surface area (Å²) in [6, 6.07) is 21.2. The van der Waals surface area contributed by atoms with Gasteiger partial charge in [0.25, 0.3) is 0 Å². The molecule has 0 aliphatic carbocycles. The summed E-state index contributed by atoms with van der Waals surface area (Å²) in [6.07, 6.45) is 6.71. The van der Waals surface area contributed by atoms with Crippen molar-refractivity contribution < 1.29 is 37.7 Å². The van der Waals surface area contributed by atoms with Crippen LogP contribution >= 0.6 is 31.0 Å². The summed E-state index contributed by atoms with van der Waals surface area (Å²) < 4.78 is 40.9. The summed E-state index contributed by atoms with van der Waals surface area (Å²) in [5, 5.41) is 5.19. The van der Waals surface area contributed by atoms with E-state index in [-0.39, 0.29) is 38.2 Å². The Balaban J connectivity index is 0.933. The fourth-order valence-electron chi connectivity index (χ4n) is 6.78. The Morgan fingerprint density at radius 2 is 1.65 bits per heavy atom. The Morgan fingerprint density at radius 3 is 2.29 bits per heavy atom. The van der Waals surface area contributed by atoms with Gasteiger partial charge in [-0.15, -0.1) is 0 Å². The number of anilines is 2. The fraction of sp³-hybridized carbons (Fsp3) is 0.378. The number of aromatic nitrogens is 5. The lowest BCUT2D eigenvalue weighted by atomic mass is 9.94. The topological polar surface area (TPSA) is 150 Å². The molecule has 0 radical (unpaired) electrons. The standard InChI is InChI=1S/C37H42Cl2N7O8P/c1-3-27(2)46-36(47)45(24-40-46)31-7-5-29(6-8-31)43-16-18-44(19-17-43)30-9-11-32(12-10-30)51-21-35-52-23-37(54-35,33-13-4-28(38)20-34(33)39)22-41-14-15-42(25-41)26-53-55(48,49)50/h4-15,20,24-25,27,35H,3,16-19,21-23,26H2,1-2H3,(H-,48,49,50)/p+1/t27-,35-,37+/m1/s1. The predicted molar refractivity (Wildman–Crippen MR) is 206 cm³/mol. The number of nitrogens with zero attached hydrogens (tertiary/aromatic N) is 7. The highest BCUT2D eigenvalue weighted by Crippen LogP contribution is 2.40. The van der Waals surface area contributed by atoms with Crippen LogP contribution in [-0.2, 0) is 37.4 Å². The van der Waals surface area contributed by atoms with E-state index in [1.165, 1.54) is 9.25 Å². The molecular formula is C37H43Cl2N7O8P+. The number of phosphoric acid groups is 1. The molecule has 3 atom stereocenters. The summed E-state index contributed by atoms with van der Waals surface area (Å²) >= 11 is 12.9. The lowest BCUT2D eigenvalue weighted by molar-refractivity contribution is -0.725. The molecular weight excluding hydrogens is 772 g/mol. The van der Waals surface area contributed by atoms with Gasteiger partial charge < -0.3 is 33.8 Å². The molecule has 3 aromatic carbocycles. The third kappa shape index (κ3) is 9.11. The molecule has 0 bridgehead atoms. The molecule has 2 aliphatic rings. The minimum atomic E-state index is -4.63. The van der Waals surface area contributed by atoms with Gasteiger partial charge in [0.05, 0.1) is 18.3 Å². The van der Waals surface area contributed by atoms with Crippen molar-refractivity contribution in [2.45, 2.75) is 51.5 Å². The highest BCUT2D eigenvalue weighted by Gasteiger charge is 2.46. The normalized spacial score (nSPS) is 19.6. The van der Waals surface area contributed by atoms with Crippen molar-refractivity contribution >= 4 is 42.4 Å². The third-order valence-electron chi connectivity index (χ3n) is 9.90. The van der Waals surface area contributed by atoms with Crippen LogP contribution in [0.4, 0.5) is 11.4 Å². The van der Waals surface area contributed by atoms with Gasteiger partial charge in [-0.1, -0.05) is 36.2 Å². The van der Waals surface area contributed by atoms with Gasteiger partial charge in [-0.25, -0.2) is 32.3 Å². The minimum Gasteiger partial charge on any atom is -0.488 e. The molecule has 15 nitrogen and oxygen atoms in total. The number of rotatable bonds is 14. The number of piperazine rings is 1. The molecule has 2 aromatic heterocycles. The molecule has 0 unspecified atom stereocenters. The molecule has 55 heavy (non-hydrogen) atoms. The van der Waals surface area contributed by atoms with Crippen molar-refractivity contribution in [2.24, 2.45) is 0 Å². The van der Waals surface area contributed by atoms with Crippen LogP contribution in [0.25, 0.3) is 5.69 Å². The van der Waals surface area contributed by atoms with Crippen molar-refractivity contribution in [3.63, 3.8) is 0 Å². The highest BCUT2D eigenvalue weighted by molar-refractivity contribution is 7.46. The second-order valence-corrected chi connectivity index (χ2v) is 15.7. The van der Waals surface area contributed by atoms with E-state index in [2.05, 4.69) is 31.6 Å². The molecule has 7 rings (SSSR count). The largest absolute Gasteiger partial charge is 0.488 e. The van der Waals surface area contributed by atoms with E-state index in [4.69, 9.17) is 47.2 Å². The number of halogens is 2. The first kappa shape index (κ1) is 39.1.